The van der Waals surface area contributed by atoms with Crippen LogP contribution < -0.4 is 0 Å². The Morgan fingerprint density at radius 1 is 0.250 bits per heavy atom. The van der Waals surface area contributed by atoms with Crippen LogP contribution in [0.4, 0.5) is 138 Å². The summed E-state index contributed by atoms with van der Waals surface area (Å²) in [7, 11) is -31.0. The maximum absolute atomic E-state index is 9.75. The average Bonchev–Trinajstić information content (AvgIpc) is 1.67. The van der Waals surface area contributed by atoms with E-state index in [-0.39, 0.29) is 112 Å². The molecule has 2 aliphatic rings. The van der Waals surface area contributed by atoms with Crippen molar-refractivity contribution in [2.24, 2.45) is 0 Å². The number of likely N-dealkylation sites (N-methyl/N-ethyl adjacent to an activating group) is 4. The molecule has 0 aliphatic carbocycles. The van der Waals surface area contributed by atoms with Crippen LogP contribution in [0.1, 0.15) is 68.8 Å². The zero-order chi connectivity index (χ0) is 76.5. The van der Waals surface area contributed by atoms with Crippen molar-refractivity contribution in [1.29, 1.82) is 0 Å². The van der Waals surface area contributed by atoms with Crippen molar-refractivity contribution in [3.05, 3.63) is 68.8 Å². The predicted octanol–water partition coefficient (Wildman–Crippen LogP) is 5.59. The number of aromatic nitrogens is 8. The minimum Gasteiger partial charge on any atom is -0.457 e. The fourth-order valence-corrected chi connectivity index (χ4v) is 7.36. The predicted molar refractivity (Wildman–Crippen MR) is 342 cm³/mol. The smallest absolute Gasteiger partial charge is 0.457 e. The Morgan fingerprint density at radius 2 is 0.352 bits per heavy atom. The zero-order valence-corrected chi connectivity index (χ0v) is 62.8. The molecule has 108 heavy (non-hydrogen) atoms. The third-order valence-corrected chi connectivity index (χ3v) is 10.4. The standard InChI is InChI=1S/2C20H36N8.8BF4.4Cu.8H2O/c2*1-15-21-17-11-27(9-7-25(3)4)13-19-20(24-16(2)23-19)14-28(10-8-26(5)6)12-18(17)22-15;8*2-1(3,4)5;;;;;;;;;;;;/h2*7-14H2,1-6H3,(H,21,22)(H,23,24);;;;;;;;;;;;;8*1H2/q;;8*-1;4*+2;;;;;;;;/p+6. The van der Waals surface area contributed by atoms with Crippen LogP contribution in [0.15, 0.2) is 0 Å². The van der Waals surface area contributed by atoms with Gasteiger partial charge in [0.2, 0.25) is 0 Å². The second-order valence-corrected chi connectivity index (χ2v) is 21.0. The van der Waals surface area contributed by atoms with Crippen molar-refractivity contribution in [1.82, 2.24) is 79.1 Å². The number of halogens is 32. The van der Waals surface area contributed by atoms with Crippen LogP contribution in [0, 0.1) is 27.7 Å². The summed E-state index contributed by atoms with van der Waals surface area (Å²) < 4.78 is 312. The average molecular weight is 1880 g/mol. The number of H-pyrrole nitrogens is 4. The molecule has 4 radical (unpaired) electrons. The first-order valence-electron chi connectivity index (χ1n) is 27.2. The molecule has 0 spiro atoms. The van der Waals surface area contributed by atoms with Gasteiger partial charge in [0.25, 0.3) is 0 Å². The normalized spacial score (nSPS) is 13.0. The summed E-state index contributed by atoms with van der Waals surface area (Å²) in [6.07, 6.45) is 0. The van der Waals surface area contributed by atoms with E-state index in [4.69, 9.17) is 19.9 Å². The van der Waals surface area contributed by atoms with Gasteiger partial charge in [-0.1, -0.05) is 0 Å². The number of fused-ring (bicyclic) bond motifs is 4. The molecule has 24 nitrogen and oxygen atoms in total. The van der Waals surface area contributed by atoms with Crippen LogP contribution in [-0.4, -0.2) is 257 Å². The van der Waals surface area contributed by atoms with Gasteiger partial charge in [-0.15, -0.1) is 0 Å². The molecule has 4 aromatic rings. The van der Waals surface area contributed by atoms with E-state index >= 15 is 0 Å². The Bertz CT molecular complexity index is 2180. The van der Waals surface area contributed by atoms with Crippen molar-refractivity contribution in [2.75, 3.05) is 109 Å². The molecule has 68 heteroatoms. The van der Waals surface area contributed by atoms with Gasteiger partial charge in [0.1, 0.15) is 23.3 Å². The van der Waals surface area contributed by atoms with Crippen LogP contribution in [0.2, 0.25) is 0 Å². The molecule has 0 aromatic carbocycles. The van der Waals surface area contributed by atoms with E-state index in [1.54, 1.807) is 0 Å². The second kappa shape index (κ2) is 65.9. The molecule has 0 amide bonds. The second-order valence-electron chi connectivity index (χ2n) is 21.0. The number of rotatable bonds is 12. The number of aryl methyl sites for hydroxylation is 4. The number of aromatic amines is 4. The van der Waals surface area contributed by atoms with Crippen molar-refractivity contribution >= 4 is 58.0 Å². The molecule has 0 saturated carbocycles. The van der Waals surface area contributed by atoms with E-state index in [1.165, 1.54) is 45.6 Å². The molecule has 4 aromatic heterocycles. The number of nitrogens with zero attached hydrogens (tertiary/aromatic N) is 12. The monoisotopic (exact) mass is 1870 g/mol. The van der Waals surface area contributed by atoms with Gasteiger partial charge in [0.05, 0.1) is 45.6 Å². The van der Waals surface area contributed by atoms with E-state index in [2.05, 4.69) is 143 Å². The Labute approximate surface area is 642 Å². The molecule has 0 fully saturated rings. The number of nitrogens with one attached hydrogen (secondary N) is 4. The Kier molecular flexibility index (Phi) is 87.2. The van der Waals surface area contributed by atoms with Crippen LogP contribution in [0.3, 0.4) is 0 Å². The minimum atomic E-state index is -6.00. The van der Waals surface area contributed by atoms with Crippen LogP contribution in [0.5, 0.6) is 0 Å². The quantitative estimate of drug-likeness (QED) is 0.0766. The zero-order valence-electron chi connectivity index (χ0n) is 59.1. The van der Waals surface area contributed by atoms with Gasteiger partial charge in [-0.05, 0) is 84.1 Å². The first-order valence-corrected chi connectivity index (χ1v) is 27.2. The number of hydrogen-bond acceptors (Lipinski definition) is 12. The fourth-order valence-electron chi connectivity index (χ4n) is 7.36. The summed E-state index contributed by atoms with van der Waals surface area (Å²) in [6.45, 7) is 23.2. The first kappa shape index (κ1) is 143. The van der Waals surface area contributed by atoms with E-state index in [9.17, 15) is 138 Å². The molecule has 0 bridgehead atoms. The van der Waals surface area contributed by atoms with Gasteiger partial charge in [-0.25, -0.2) is 19.9 Å². The summed E-state index contributed by atoms with van der Waals surface area (Å²) in [6, 6.07) is 0. The molecule has 0 atom stereocenters. The summed E-state index contributed by atoms with van der Waals surface area (Å²) in [5.74, 6) is 3.99. The molecule has 0 unspecified atom stereocenters. The third kappa shape index (κ3) is 113. The summed E-state index contributed by atoms with van der Waals surface area (Å²) >= 11 is 0. The van der Waals surface area contributed by atoms with Crippen LogP contribution in [0.25, 0.3) is 0 Å². The molecular weight excluding hydrogens is 1780 g/mol. The third-order valence-electron chi connectivity index (χ3n) is 10.4. The minimum absolute atomic E-state index is 0. The summed E-state index contributed by atoms with van der Waals surface area (Å²) in [5.41, 5.74) is 9.64. The van der Waals surface area contributed by atoms with Gasteiger partial charge < -0.3 is 221 Å². The maximum atomic E-state index is 9.75. The van der Waals surface area contributed by atoms with E-state index in [1.807, 2.05) is 0 Å². The molecule has 668 valence electrons. The van der Waals surface area contributed by atoms with Crippen molar-refractivity contribution in [2.45, 2.75) is 80.1 Å². The Morgan fingerprint density at radius 3 is 0.444 bits per heavy atom. The van der Waals surface area contributed by atoms with Crippen molar-refractivity contribution in [3.63, 3.8) is 0 Å². The van der Waals surface area contributed by atoms with Crippen LogP contribution in [-0.2, 0) is 153 Å². The van der Waals surface area contributed by atoms with E-state index in [0.29, 0.717) is 0 Å². The van der Waals surface area contributed by atoms with Gasteiger partial charge >= 0.3 is 126 Å². The van der Waals surface area contributed by atoms with Crippen molar-refractivity contribution in [3.8, 4) is 0 Å². The molecule has 2 aliphatic heterocycles. The number of imidazole rings is 4. The van der Waals surface area contributed by atoms with Gasteiger partial charge in [0.15, 0.2) is 0 Å². The van der Waals surface area contributed by atoms with Gasteiger partial charge in [0, 0.05) is 105 Å². The molecular formula is C40H94B8Cu4F32N16O8+6. The van der Waals surface area contributed by atoms with E-state index in [0.717, 1.165) is 128 Å². The molecule has 0 saturated heterocycles. The van der Waals surface area contributed by atoms with Crippen LogP contribution >= 0.6 is 0 Å². The first-order chi connectivity index (χ1) is 42.6. The fraction of sp³-hybridized carbons (Fsp3) is 0.700. The van der Waals surface area contributed by atoms with Crippen molar-refractivity contribution < 1.29 is 250 Å². The SMILES string of the molecule is Cc1nc2c([nH]1)CN(CCN(C)C)Cc1nc(C)[nH]c1CN(CCN(C)C)C2.Cc1nc2c([nH]1)CN(CCN(C)C)Cc1nc(C)[nH]c1CN(CCN(C)C)C2.F[B-](F)(F)F.F[B-](F)(F)F.F[B-](F)(F)F.F[B-](F)(F)F.F[B-](F)(F)F.F[B-](F)(F)F.F[B-](F)(F)F.F[B-](F)(F)F.O.O.[Cu+2].[Cu+2].[Cu+2].[Cu+2].[OH3+].[OH3+].[OH3+].[OH3+].[OH3+].[OH3+]. The molecule has 6 rings (SSSR count). The number of hydrogen-bond donors (Lipinski definition) is 4. The Hall–Kier alpha value is -3.44. The molecule has 6 heterocycles. The largest absolute Gasteiger partial charge is 2.00 e. The summed E-state index contributed by atoms with van der Waals surface area (Å²) in [4.78, 5) is 52.2. The summed E-state index contributed by atoms with van der Waals surface area (Å²) in [5, 5.41) is 0. The molecule has 26 N–H and O–H groups in total. The maximum Gasteiger partial charge on any atom is 2.00 e. The Balaban J connectivity index is -0.0000000697. The van der Waals surface area contributed by atoms with E-state index < -0.39 is 58.0 Å². The topological polar surface area (TPSA) is 402 Å². The van der Waals surface area contributed by atoms with Gasteiger partial charge in [-0.2, -0.15) is 0 Å². The van der Waals surface area contributed by atoms with Gasteiger partial charge in [-0.3, -0.25) is 19.6 Å².